The van der Waals surface area contributed by atoms with Crippen LogP contribution in [0.25, 0.3) is 0 Å². The third kappa shape index (κ3) is 4.04. The number of nitrogens with zero attached hydrogens (tertiary/aromatic N) is 3. The molecule has 0 amide bonds. The first-order valence-electron chi connectivity index (χ1n) is 7.29. The molecule has 6 nitrogen and oxygen atoms in total. The number of esters is 1. The van der Waals surface area contributed by atoms with E-state index in [1.54, 1.807) is 37.4 Å². The predicted octanol–water partition coefficient (Wildman–Crippen LogP) is 3.49. The van der Waals surface area contributed by atoms with Crippen LogP contribution in [0.15, 0.2) is 53.6 Å². The SMILES string of the molecule is Cc1n[nH]c(=S)n1/N=C\c1ccc(OC(=O)c2ccc(F)cc2)cc1. The Hall–Kier alpha value is -3.13. The Kier molecular flexibility index (Phi) is 4.80. The molecule has 0 aliphatic heterocycles. The number of carbonyl (C=O) groups is 1. The van der Waals surface area contributed by atoms with E-state index in [1.165, 1.54) is 28.9 Å². The van der Waals surface area contributed by atoms with Crippen LogP contribution in [0, 0.1) is 17.5 Å². The molecule has 0 bridgehead atoms. The van der Waals surface area contributed by atoms with E-state index < -0.39 is 11.8 Å². The number of aromatic nitrogens is 3. The largest absolute Gasteiger partial charge is 0.423 e. The normalized spacial score (nSPS) is 11.0. The summed E-state index contributed by atoms with van der Waals surface area (Å²) >= 11 is 5.06. The van der Waals surface area contributed by atoms with Crippen LogP contribution in [-0.4, -0.2) is 27.1 Å². The standard InChI is InChI=1S/C17H13FN4O2S/c1-11-20-21-17(25)22(11)19-10-12-2-8-15(9-3-12)24-16(23)13-4-6-14(18)7-5-13/h2-10H,1H3,(H,21,25)/b19-10-. The van der Waals surface area contributed by atoms with Crippen LogP contribution in [0.1, 0.15) is 21.7 Å². The minimum Gasteiger partial charge on any atom is -0.423 e. The number of hydrogen-bond donors (Lipinski definition) is 1. The molecule has 0 unspecified atom stereocenters. The predicted molar refractivity (Wildman–Crippen MR) is 92.9 cm³/mol. The molecule has 25 heavy (non-hydrogen) atoms. The third-order valence-corrected chi connectivity index (χ3v) is 3.57. The molecular weight excluding hydrogens is 343 g/mol. The van der Waals surface area contributed by atoms with Gasteiger partial charge >= 0.3 is 5.97 Å². The first-order chi connectivity index (χ1) is 12.0. The zero-order valence-electron chi connectivity index (χ0n) is 13.1. The molecule has 126 valence electrons. The summed E-state index contributed by atoms with van der Waals surface area (Å²) in [6, 6.07) is 11.9. The zero-order chi connectivity index (χ0) is 17.8. The van der Waals surface area contributed by atoms with Crippen molar-refractivity contribution in [2.24, 2.45) is 5.10 Å². The molecule has 0 spiro atoms. The van der Waals surface area contributed by atoms with Gasteiger partial charge in [-0.05, 0) is 73.2 Å². The summed E-state index contributed by atoms with van der Waals surface area (Å²) in [6.07, 6.45) is 1.61. The zero-order valence-corrected chi connectivity index (χ0v) is 14.0. The molecule has 0 aliphatic rings. The number of halogens is 1. The average molecular weight is 356 g/mol. The van der Waals surface area contributed by atoms with Gasteiger partial charge in [-0.3, -0.25) is 5.10 Å². The number of rotatable bonds is 4. The van der Waals surface area contributed by atoms with Crippen molar-refractivity contribution in [2.45, 2.75) is 6.92 Å². The lowest BCUT2D eigenvalue weighted by atomic mass is 10.2. The minimum atomic E-state index is -0.554. The van der Waals surface area contributed by atoms with Gasteiger partial charge in [-0.2, -0.15) is 14.9 Å². The number of nitrogens with one attached hydrogen (secondary N) is 1. The van der Waals surface area contributed by atoms with Crippen LogP contribution in [-0.2, 0) is 0 Å². The van der Waals surface area contributed by atoms with Gasteiger partial charge in [0.05, 0.1) is 11.8 Å². The summed E-state index contributed by atoms with van der Waals surface area (Å²) in [5.41, 5.74) is 1.07. The van der Waals surface area contributed by atoms with Gasteiger partial charge in [0.15, 0.2) is 0 Å². The maximum Gasteiger partial charge on any atom is 0.343 e. The van der Waals surface area contributed by atoms with E-state index in [-0.39, 0.29) is 5.56 Å². The molecule has 1 N–H and O–H groups in total. The highest BCUT2D eigenvalue weighted by Crippen LogP contribution is 2.14. The van der Waals surface area contributed by atoms with E-state index in [0.717, 1.165) is 5.56 Å². The molecule has 2 aromatic carbocycles. The van der Waals surface area contributed by atoms with Crippen molar-refractivity contribution in [3.05, 3.63) is 76.1 Å². The van der Waals surface area contributed by atoms with Crippen molar-refractivity contribution in [2.75, 3.05) is 0 Å². The molecule has 0 radical (unpaired) electrons. The maximum absolute atomic E-state index is 12.9. The van der Waals surface area contributed by atoms with Crippen LogP contribution in [0.5, 0.6) is 5.75 Å². The van der Waals surface area contributed by atoms with Gasteiger partial charge in [0.1, 0.15) is 17.4 Å². The van der Waals surface area contributed by atoms with Crippen molar-refractivity contribution < 1.29 is 13.9 Å². The second-order valence-electron chi connectivity index (χ2n) is 5.10. The fraction of sp³-hybridized carbons (Fsp3) is 0.0588. The Balaban J connectivity index is 1.69. The average Bonchev–Trinajstić information content (AvgIpc) is 2.93. The Bertz CT molecular complexity index is 975. The first-order valence-corrected chi connectivity index (χ1v) is 7.70. The van der Waals surface area contributed by atoms with Gasteiger partial charge in [-0.1, -0.05) is 0 Å². The van der Waals surface area contributed by atoms with Crippen LogP contribution in [0.2, 0.25) is 0 Å². The molecule has 0 saturated heterocycles. The highest BCUT2D eigenvalue weighted by atomic mass is 32.1. The number of hydrogen-bond acceptors (Lipinski definition) is 5. The van der Waals surface area contributed by atoms with E-state index in [4.69, 9.17) is 17.0 Å². The van der Waals surface area contributed by atoms with Crippen LogP contribution < -0.4 is 4.74 Å². The highest BCUT2D eigenvalue weighted by Gasteiger charge is 2.08. The van der Waals surface area contributed by atoms with E-state index in [1.807, 2.05) is 0 Å². The van der Waals surface area contributed by atoms with E-state index >= 15 is 0 Å². The number of H-pyrrole nitrogens is 1. The second kappa shape index (κ2) is 7.18. The van der Waals surface area contributed by atoms with E-state index in [0.29, 0.717) is 16.3 Å². The fourth-order valence-corrected chi connectivity index (χ4v) is 2.23. The van der Waals surface area contributed by atoms with Gasteiger partial charge in [-0.15, -0.1) is 0 Å². The van der Waals surface area contributed by atoms with Crippen molar-refractivity contribution in [1.29, 1.82) is 0 Å². The number of ether oxygens (including phenoxy) is 1. The summed E-state index contributed by atoms with van der Waals surface area (Å²) in [5, 5.41) is 10.8. The van der Waals surface area contributed by atoms with Crippen LogP contribution >= 0.6 is 12.2 Å². The lowest BCUT2D eigenvalue weighted by Gasteiger charge is -2.04. The van der Waals surface area contributed by atoms with Crippen molar-refractivity contribution in [1.82, 2.24) is 14.9 Å². The molecule has 0 saturated carbocycles. The van der Waals surface area contributed by atoms with Crippen molar-refractivity contribution >= 4 is 24.4 Å². The maximum atomic E-state index is 12.9. The number of benzene rings is 2. The molecule has 1 heterocycles. The van der Waals surface area contributed by atoms with E-state index in [9.17, 15) is 9.18 Å². The quantitative estimate of drug-likeness (QED) is 0.336. The van der Waals surface area contributed by atoms with Gasteiger partial charge in [-0.25, -0.2) is 9.18 Å². The molecule has 0 atom stereocenters. The third-order valence-electron chi connectivity index (χ3n) is 3.31. The van der Waals surface area contributed by atoms with E-state index in [2.05, 4.69) is 15.3 Å². The summed E-state index contributed by atoms with van der Waals surface area (Å²) in [7, 11) is 0. The number of carbonyl (C=O) groups excluding carboxylic acids is 1. The Labute approximate surface area is 147 Å². The monoisotopic (exact) mass is 356 g/mol. The molecular formula is C17H13FN4O2S. The Morgan fingerprint density at radius 3 is 2.52 bits per heavy atom. The molecule has 3 aromatic rings. The minimum absolute atomic E-state index is 0.275. The van der Waals surface area contributed by atoms with Crippen molar-refractivity contribution in [3.8, 4) is 5.75 Å². The van der Waals surface area contributed by atoms with Crippen LogP contribution in [0.4, 0.5) is 4.39 Å². The summed E-state index contributed by atoms with van der Waals surface area (Å²) < 4.78 is 20.0. The highest BCUT2D eigenvalue weighted by molar-refractivity contribution is 7.71. The molecule has 0 fully saturated rings. The summed E-state index contributed by atoms with van der Waals surface area (Å²) in [5.74, 6) is 0.0589. The molecule has 1 aromatic heterocycles. The topological polar surface area (TPSA) is 72.3 Å². The van der Waals surface area contributed by atoms with Gasteiger partial charge < -0.3 is 4.74 Å². The molecule has 8 heteroatoms. The Morgan fingerprint density at radius 1 is 1.24 bits per heavy atom. The summed E-state index contributed by atoms with van der Waals surface area (Å²) in [6.45, 7) is 1.78. The summed E-state index contributed by atoms with van der Waals surface area (Å²) in [4.78, 5) is 12.0. The molecule has 3 rings (SSSR count). The van der Waals surface area contributed by atoms with Gasteiger partial charge in [0.25, 0.3) is 0 Å². The number of aromatic amines is 1. The lowest BCUT2D eigenvalue weighted by Crippen LogP contribution is -2.08. The Morgan fingerprint density at radius 2 is 1.92 bits per heavy atom. The fourth-order valence-electron chi connectivity index (χ4n) is 2.00. The van der Waals surface area contributed by atoms with Crippen molar-refractivity contribution in [3.63, 3.8) is 0 Å². The van der Waals surface area contributed by atoms with Gasteiger partial charge in [0.2, 0.25) is 4.77 Å². The lowest BCUT2D eigenvalue weighted by molar-refractivity contribution is 0.0734. The first kappa shape index (κ1) is 16.7. The second-order valence-corrected chi connectivity index (χ2v) is 5.48. The smallest absolute Gasteiger partial charge is 0.343 e. The molecule has 0 aliphatic carbocycles. The number of aryl methyl sites for hydroxylation is 1. The van der Waals surface area contributed by atoms with Gasteiger partial charge in [0, 0.05) is 0 Å². The van der Waals surface area contributed by atoms with Crippen LogP contribution in [0.3, 0.4) is 0 Å².